The molecule has 0 N–H and O–H groups in total. The Morgan fingerprint density at radius 2 is 1.76 bits per heavy atom. The van der Waals surface area contributed by atoms with Gasteiger partial charge in [-0.15, -0.1) is 11.3 Å². The summed E-state index contributed by atoms with van der Waals surface area (Å²) in [6, 6.07) is 14.0. The fraction of sp³-hybridized carbons (Fsp3) is 0.238. The number of urea groups is 1. The number of aromatic nitrogens is 1. The number of hydrogen-bond donors (Lipinski definition) is 0. The van der Waals surface area contributed by atoms with Gasteiger partial charge in [-0.1, -0.05) is 30.3 Å². The third-order valence-corrected chi connectivity index (χ3v) is 5.20. The molecule has 29 heavy (non-hydrogen) atoms. The lowest BCUT2D eigenvalue weighted by Gasteiger charge is -2.18. The van der Waals surface area contributed by atoms with Gasteiger partial charge in [-0.25, -0.2) is 4.79 Å². The standard InChI is InChI=1S/C21H20F3N3OS/c1-3-26(14-16-7-5-4-6-8-16)19(28)25-20-27(13-15(2)29-20)18-11-9-17(10-12-18)21(22,23)24/h4-13H,3,14H2,1-2H3. The first-order valence-electron chi connectivity index (χ1n) is 9.02. The summed E-state index contributed by atoms with van der Waals surface area (Å²) >= 11 is 1.31. The van der Waals surface area contributed by atoms with Gasteiger partial charge in [0.2, 0.25) is 0 Å². The van der Waals surface area contributed by atoms with Gasteiger partial charge in [-0.05, 0) is 43.7 Å². The molecule has 4 nitrogen and oxygen atoms in total. The van der Waals surface area contributed by atoms with Crippen molar-refractivity contribution in [3.63, 3.8) is 0 Å². The van der Waals surface area contributed by atoms with Crippen LogP contribution in [0.2, 0.25) is 0 Å². The van der Waals surface area contributed by atoms with Crippen LogP contribution >= 0.6 is 11.3 Å². The van der Waals surface area contributed by atoms with Crippen molar-refractivity contribution >= 4 is 17.4 Å². The van der Waals surface area contributed by atoms with Gasteiger partial charge in [-0.2, -0.15) is 18.2 Å². The summed E-state index contributed by atoms with van der Waals surface area (Å²) in [5.74, 6) is 0. The highest BCUT2D eigenvalue weighted by atomic mass is 32.1. The second-order valence-electron chi connectivity index (χ2n) is 6.43. The van der Waals surface area contributed by atoms with Crippen LogP contribution in [0.15, 0.2) is 65.8 Å². The average Bonchev–Trinajstić information content (AvgIpc) is 3.06. The van der Waals surface area contributed by atoms with Gasteiger partial charge in [0, 0.05) is 29.9 Å². The van der Waals surface area contributed by atoms with E-state index in [9.17, 15) is 18.0 Å². The van der Waals surface area contributed by atoms with E-state index in [1.54, 1.807) is 15.7 Å². The van der Waals surface area contributed by atoms with Crippen LogP contribution in [0, 0.1) is 6.92 Å². The summed E-state index contributed by atoms with van der Waals surface area (Å²) in [5.41, 5.74) is 0.791. The molecule has 0 unspecified atom stereocenters. The normalized spacial score (nSPS) is 12.2. The van der Waals surface area contributed by atoms with Gasteiger partial charge in [0.25, 0.3) is 0 Å². The third-order valence-electron chi connectivity index (χ3n) is 4.30. The lowest BCUT2D eigenvalue weighted by molar-refractivity contribution is -0.137. The van der Waals surface area contributed by atoms with E-state index in [1.807, 2.05) is 44.2 Å². The van der Waals surface area contributed by atoms with Crippen LogP contribution in [0.25, 0.3) is 5.69 Å². The van der Waals surface area contributed by atoms with Crippen molar-refractivity contribution in [1.82, 2.24) is 9.47 Å². The first kappa shape index (κ1) is 20.9. The first-order valence-corrected chi connectivity index (χ1v) is 9.84. The Balaban J connectivity index is 1.91. The quantitative estimate of drug-likeness (QED) is 0.557. The fourth-order valence-electron chi connectivity index (χ4n) is 2.80. The van der Waals surface area contributed by atoms with E-state index in [4.69, 9.17) is 0 Å². The molecule has 1 heterocycles. The van der Waals surface area contributed by atoms with Crippen molar-refractivity contribution in [3.8, 4) is 5.69 Å². The molecule has 2 aromatic carbocycles. The predicted octanol–water partition coefficient (Wildman–Crippen LogP) is 5.41. The molecule has 0 radical (unpaired) electrons. The zero-order valence-electron chi connectivity index (χ0n) is 16.0. The highest BCUT2D eigenvalue weighted by Gasteiger charge is 2.30. The van der Waals surface area contributed by atoms with Crippen molar-refractivity contribution in [2.45, 2.75) is 26.6 Å². The molecule has 0 aliphatic heterocycles. The van der Waals surface area contributed by atoms with Crippen molar-refractivity contribution in [1.29, 1.82) is 0 Å². The minimum absolute atomic E-state index is 0.390. The first-order chi connectivity index (χ1) is 13.8. The number of aryl methyl sites for hydroxylation is 1. The van der Waals surface area contributed by atoms with E-state index < -0.39 is 11.7 Å². The summed E-state index contributed by atoms with van der Waals surface area (Å²) in [6.07, 6.45) is -2.64. The maximum Gasteiger partial charge on any atom is 0.416 e. The second-order valence-corrected chi connectivity index (χ2v) is 7.65. The second kappa shape index (κ2) is 8.65. The molecule has 0 aliphatic carbocycles. The minimum atomic E-state index is -4.39. The molecule has 0 saturated carbocycles. The van der Waals surface area contributed by atoms with E-state index in [-0.39, 0.29) is 6.03 Å². The Morgan fingerprint density at radius 1 is 1.10 bits per heavy atom. The van der Waals surface area contributed by atoms with Gasteiger partial charge in [0.15, 0.2) is 4.80 Å². The number of carbonyl (C=O) groups excluding carboxylic acids is 1. The van der Waals surface area contributed by atoms with E-state index in [0.29, 0.717) is 23.6 Å². The Kier molecular flexibility index (Phi) is 6.22. The number of hydrogen-bond acceptors (Lipinski definition) is 2. The molecule has 0 saturated heterocycles. The average molecular weight is 419 g/mol. The van der Waals surface area contributed by atoms with Crippen LogP contribution in [0.1, 0.15) is 22.9 Å². The van der Waals surface area contributed by atoms with Crippen molar-refractivity contribution in [2.75, 3.05) is 6.54 Å². The SMILES string of the molecule is CCN(Cc1ccccc1)C(=O)N=c1sc(C)cn1-c1ccc(C(F)(F)F)cc1. The third kappa shape index (κ3) is 5.14. The summed E-state index contributed by atoms with van der Waals surface area (Å²) in [4.78, 5) is 19.9. The fourth-order valence-corrected chi connectivity index (χ4v) is 3.63. The molecule has 0 spiro atoms. The molecule has 0 fully saturated rings. The maximum absolute atomic E-state index is 12.8. The van der Waals surface area contributed by atoms with Crippen molar-refractivity contribution in [2.24, 2.45) is 4.99 Å². The minimum Gasteiger partial charge on any atom is -0.319 e. The highest BCUT2D eigenvalue weighted by Crippen LogP contribution is 2.29. The Hall–Kier alpha value is -2.87. The number of benzene rings is 2. The molecule has 3 aromatic rings. The number of carbonyl (C=O) groups is 1. The van der Waals surface area contributed by atoms with Gasteiger partial charge in [0.05, 0.1) is 5.56 Å². The topological polar surface area (TPSA) is 37.6 Å². The molecule has 0 bridgehead atoms. The molecule has 3 rings (SSSR count). The molecule has 152 valence electrons. The number of nitrogens with zero attached hydrogens (tertiary/aromatic N) is 3. The summed E-state index contributed by atoms with van der Waals surface area (Å²) in [5, 5.41) is 0. The summed E-state index contributed by atoms with van der Waals surface area (Å²) in [7, 11) is 0. The van der Waals surface area contributed by atoms with Crippen LogP contribution in [0.4, 0.5) is 18.0 Å². The zero-order valence-corrected chi connectivity index (χ0v) is 16.8. The molecule has 8 heteroatoms. The molecule has 2 amide bonds. The van der Waals surface area contributed by atoms with Crippen LogP contribution < -0.4 is 4.80 Å². The predicted molar refractivity (Wildman–Crippen MR) is 107 cm³/mol. The lowest BCUT2D eigenvalue weighted by Crippen LogP contribution is -2.29. The van der Waals surface area contributed by atoms with Gasteiger partial charge in [-0.3, -0.25) is 4.57 Å². The van der Waals surface area contributed by atoms with Crippen LogP contribution in [0.3, 0.4) is 0 Å². The van der Waals surface area contributed by atoms with Crippen molar-refractivity contribution in [3.05, 3.63) is 81.6 Å². The summed E-state index contributed by atoms with van der Waals surface area (Å²) < 4.78 is 40.1. The van der Waals surface area contributed by atoms with Crippen LogP contribution in [0.5, 0.6) is 0 Å². The van der Waals surface area contributed by atoms with Crippen LogP contribution in [-0.2, 0) is 12.7 Å². The number of amides is 2. The smallest absolute Gasteiger partial charge is 0.319 e. The van der Waals surface area contributed by atoms with Crippen molar-refractivity contribution < 1.29 is 18.0 Å². The maximum atomic E-state index is 12.8. The van der Waals surface area contributed by atoms with E-state index in [1.165, 1.54) is 23.5 Å². The Bertz CT molecular complexity index is 1040. The number of rotatable bonds is 4. The van der Waals surface area contributed by atoms with E-state index >= 15 is 0 Å². The molecule has 0 atom stereocenters. The summed E-state index contributed by atoms with van der Waals surface area (Å²) in [6.45, 7) is 4.66. The monoisotopic (exact) mass is 419 g/mol. The number of alkyl halides is 3. The number of halogens is 3. The van der Waals surface area contributed by atoms with Crippen LogP contribution in [-0.4, -0.2) is 22.0 Å². The largest absolute Gasteiger partial charge is 0.416 e. The van der Waals surface area contributed by atoms with Gasteiger partial charge < -0.3 is 4.90 Å². The molecular formula is C21H20F3N3OS. The zero-order chi connectivity index (χ0) is 21.0. The van der Waals surface area contributed by atoms with Gasteiger partial charge in [0.1, 0.15) is 0 Å². The van der Waals surface area contributed by atoms with E-state index in [2.05, 4.69) is 4.99 Å². The highest BCUT2D eigenvalue weighted by molar-refractivity contribution is 7.09. The lowest BCUT2D eigenvalue weighted by atomic mass is 10.2. The Labute approximate surface area is 170 Å². The number of thiazole rings is 1. The molecule has 1 aromatic heterocycles. The Morgan fingerprint density at radius 3 is 2.34 bits per heavy atom. The van der Waals surface area contributed by atoms with Gasteiger partial charge >= 0.3 is 12.2 Å². The van der Waals surface area contributed by atoms with E-state index in [0.717, 1.165) is 22.6 Å². The molecule has 0 aliphatic rings. The molecular weight excluding hydrogens is 399 g/mol.